The Morgan fingerprint density at radius 3 is 3.21 bits per heavy atom. The van der Waals surface area contributed by atoms with E-state index in [2.05, 4.69) is 9.97 Å². The molecule has 2 rings (SSSR count). The normalized spacial score (nSPS) is 10.4. The van der Waals surface area contributed by atoms with Gasteiger partial charge in [0.05, 0.1) is 12.2 Å². The van der Waals surface area contributed by atoms with Crippen molar-refractivity contribution >= 4 is 17.0 Å². The van der Waals surface area contributed by atoms with Gasteiger partial charge in [0, 0.05) is 17.8 Å². The standard InChI is InChI=1S/C10H10N2O2/c1-2-14-10(13)8-4-6-12-9-7(8)3-5-11-9/h3-6H,2H2,1H3,(H,11,12). The van der Waals surface area contributed by atoms with Crippen LogP contribution in [0.25, 0.3) is 11.0 Å². The molecule has 4 nitrogen and oxygen atoms in total. The van der Waals surface area contributed by atoms with Crippen molar-refractivity contribution in [3.05, 3.63) is 30.1 Å². The second-order valence-corrected chi connectivity index (χ2v) is 2.82. The maximum atomic E-state index is 11.5. The smallest absolute Gasteiger partial charge is 0.338 e. The molecule has 0 unspecified atom stereocenters. The number of hydrogen-bond donors (Lipinski definition) is 1. The summed E-state index contributed by atoms with van der Waals surface area (Å²) in [5, 5.41) is 0.797. The number of esters is 1. The molecule has 0 amide bonds. The number of pyridine rings is 1. The molecule has 72 valence electrons. The number of H-pyrrole nitrogens is 1. The van der Waals surface area contributed by atoms with Crippen molar-refractivity contribution in [2.75, 3.05) is 6.61 Å². The van der Waals surface area contributed by atoms with Crippen LogP contribution in [0.1, 0.15) is 17.3 Å². The van der Waals surface area contributed by atoms with Gasteiger partial charge in [-0.2, -0.15) is 0 Å². The van der Waals surface area contributed by atoms with Crippen molar-refractivity contribution in [2.24, 2.45) is 0 Å². The first-order valence-corrected chi connectivity index (χ1v) is 4.42. The quantitative estimate of drug-likeness (QED) is 0.734. The van der Waals surface area contributed by atoms with E-state index in [1.165, 1.54) is 0 Å². The van der Waals surface area contributed by atoms with Crippen LogP contribution in [0.5, 0.6) is 0 Å². The molecule has 2 aromatic heterocycles. The number of carbonyl (C=O) groups is 1. The van der Waals surface area contributed by atoms with Crippen LogP contribution in [0.15, 0.2) is 24.5 Å². The number of rotatable bonds is 2. The lowest BCUT2D eigenvalue weighted by Gasteiger charge is -2.01. The highest BCUT2D eigenvalue weighted by atomic mass is 16.5. The highest BCUT2D eigenvalue weighted by Crippen LogP contribution is 2.15. The van der Waals surface area contributed by atoms with Crippen molar-refractivity contribution in [3.63, 3.8) is 0 Å². The molecule has 0 saturated carbocycles. The van der Waals surface area contributed by atoms with E-state index in [9.17, 15) is 4.79 Å². The average Bonchev–Trinajstić information content (AvgIpc) is 2.65. The number of carbonyl (C=O) groups excluding carboxylic acids is 1. The highest BCUT2D eigenvalue weighted by molar-refractivity contribution is 6.02. The van der Waals surface area contributed by atoms with Crippen LogP contribution in [0, 0.1) is 0 Å². The fourth-order valence-electron chi connectivity index (χ4n) is 1.35. The minimum absolute atomic E-state index is 0.306. The maximum absolute atomic E-state index is 11.5. The molecule has 0 spiro atoms. The van der Waals surface area contributed by atoms with Crippen molar-refractivity contribution in [1.29, 1.82) is 0 Å². The summed E-state index contributed by atoms with van der Waals surface area (Å²) in [6.07, 6.45) is 3.34. The summed E-state index contributed by atoms with van der Waals surface area (Å²) < 4.78 is 4.92. The van der Waals surface area contributed by atoms with E-state index in [1.807, 2.05) is 6.07 Å². The fraction of sp³-hybridized carbons (Fsp3) is 0.200. The van der Waals surface area contributed by atoms with Crippen LogP contribution in [-0.4, -0.2) is 22.5 Å². The number of ether oxygens (including phenoxy) is 1. The number of fused-ring (bicyclic) bond motifs is 1. The Balaban J connectivity index is 2.50. The van der Waals surface area contributed by atoms with E-state index in [1.54, 1.807) is 25.4 Å². The van der Waals surface area contributed by atoms with Crippen molar-refractivity contribution in [3.8, 4) is 0 Å². The van der Waals surface area contributed by atoms with Gasteiger partial charge < -0.3 is 9.72 Å². The molecule has 2 aromatic rings. The van der Waals surface area contributed by atoms with E-state index < -0.39 is 0 Å². The molecule has 4 heteroatoms. The Bertz CT molecular complexity index is 462. The summed E-state index contributed by atoms with van der Waals surface area (Å²) in [5.41, 5.74) is 1.26. The lowest BCUT2D eigenvalue weighted by Crippen LogP contribution is -2.05. The summed E-state index contributed by atoms with van der Waals surface area (Å²) in [6, 6.07) is 3.47. The third kappa shape index (κ3) is 1.35. The summed E-state index contributed by atoms with van der Waals surface area (Å²) in [5.74, 6) is -0.306. The predicted molar refractivity (Wildman–Crippen MR) is 52.1 cm³/mol. The fourth-order valence-corrected chi connectivity index (χ4v) is 1.35. The molecule has 0 radical (unpaired) electrons. The van der Waals surface area contributed by atoms with Crippen molar-refractivity contribution < 1.29 is 9.53 Å². The lowest BCUT2D eigenvalue weighted by molar-refractivity contribution is 0.0528. The van der Waals surface area contributed by atoms with Crippen LogP contribution in [0.3, 0.4) is 0 Å². The first-order valence-electron chi connectivity index (χ1n) is 4.42. The molecule has 0 saturated heterocycles. The topological polar surface area (TPSA) is 55.0 Å². The Kier molecular flexibility index (Phi) is 2.18. The van der Waals surface area contributed by atoms with Gasteiger partial charge in [0.15, 0.2) is 0 Å². The molecule has 0 atom stereocenters. The molecule has 2 heterocycles. The highest BCUT2D eigenvalue weighted by Gasteiger charge is 2.11. The maximum Gasteiger partial charge on any atom is 0.338 e. The second kappa shape index (κ2) is 3.49. The molecular formula is C10H10N2O2. The molecule has 0 aliphatic heterocycles. The molecule has 0 bridgehead atoms. The summed E-state index contributed by atoms with van der Waals surface area (Å²) in [6.45, 7) is 2.17. The number of aromatic amines is 1. The van der Waals surface area contributed by atoms with Gasteiger partial charge in [0.2, 0.25) is 0 Å². The van der Waals surface area contributed by atoms with Crippen LogP contribution >= 0.6 is 0 Å². The van der Waals surface area contributed by atoms with Gasteiger partial charge in [-0.1, -0.05) is 0 Å². The minimum Gasteiger partial charge on any atom is -0.462 e. The molecular weight excluding hydrogens is 180 g/mol. The van der Waals surface area contributed by atoms with Crippen molar-refractivity contribution in [1.82, 2.24) is 9.97 Å². The average molecular weight is 190 g/mol. The van der Waals surface area contributed by atoms with Gasteiger partial charge in [0.1, 0.15) is 5.65 Å². The first-order chi connectivity index (χ1) is 6.83. The molecule has 14 heavy (non-hydrogen) atoms. The zero-order valence-electron chi connectivity index (χ0n) is 7.78. The van der Waals surface area contributed by atoms with Crippen LogP contribution < -0.4 is 0 Å². The van der Waals surface area contributed by atoms with E-state index >= 15 is 0 Å². The lowest BCUT2D eigenvalue weighted by atomic mass is 10.2. The van der Waals surface area contributed by atoms with E-state index in [0.717, 1.165) is 5.39 Å². The zero-order valence-corrected chi connectivity index (χ0v) is 7.78. The molecule has 0 fully saturated rings. The van der Waals surface area contributed by atoms with Gasteiger partial charge in [-0.05, 0) is 19.1 Å². The minimum atomic E-state index is -0.306. The van der Waals surface area contributed by atoms with Gasteiger partial charge in [-0.3, -0.25) is 0 Å². The monoisotopic (exact) mass is 190 g/mol. The van der Waals surface area contributed by atoms with E-state index in [4.69, 9.17) is 4.74 Å². The number of aromatic nitrogens is 2. The Morgan fingerprint density at radius 1 is 1.57 bits per heavy atom. The van der Waals surface area contributed by atoms with Crippen LogP contribution in [-0.2, 0) is 4.74 Å². The molecule has 1 N–H and O–H groups in total. The summed E-state index contributed by atoms with van der Waals surface area (Å²) >= 11 is 0. The van der Waals surface area contributed by atoms with Crippen LogP contribution in [0.4, 0.5) is 0 Å². The zero-order chi connectivity index (χ0) is 9.97. The van der Waals surface area contributed by atoms with Gasteiger partial charge in [-0.25, -0.2) is 9.78 Å². The Morgan fingerprint density at radius 2 is 2.43 bits per heavy atom. The molecule has 0 aliphatic carbocycles. The third-order valence-corrected chi connectivity index (χ3v) is 1.96. The molecule has 0 aliphatic rings. The van der Waals surface area contributed by atoms with Gasteiger partial charge in [-0.15, -0.1) is 0 Å². The van der Waals surface area contributed by atoms with E-state index in [-0.39, 0.29) is 5.97 Å². The largest absolute Gasteiger partial charge is 0.462 e. The molecule has 0 aromatic carbocycles. The Hall–Kier alpha value is -1.84. The SMILES string of the molecule is CCOC(=O)c1ccnc2[nH]ccc12. The second-order valence-electron chi connectivity index (χ2n) is 2.82. The number of nitrogens with zero attached hydrogens (tertiary/aromatic N) is 1. The first kappa shape index (κ1) is 8.74. The van der Waals surface area contributed by atoms with Gasteiger partial charge >= 0.3 is 5.97 Å². The van der Waals surface area contributed by atoms with Crippen molar-refractivity contribution in [2.45, 2.75) is 6.92 Å². The van der Waals surface area contributed by atoms with E-state index in [0.29, 0.717) is 17.8 Å². The van der Waals surface area contributed by atoms with Gasteiger partial charge in [0.25, 0.3) is 0 Å². The number of hydrogen-bond acceptors (Lipinski definition) is 3. The Labute approximate surface area is 80.9 Å². The predicted octanol–water partition coefficient (Wildman–Crippen LogP) is 1.74. The van der Waals surface area contributed by atoms with Crippen LogP contribution in [0.2, 0.25) is 0 Å². The number of nitrogens with one attached hydrogen (secondary N) is 1. The third-order valence-electron chi connectivity index (χ3n) is 1.96. The summed E-state index contributed by atoms with van der Waals surface area (Å²) in [4.78, 5) is 18.5. The summed E-state index contributed by atoms with van der Waals surface area (Å²) in [7, 11) is 0.